The second kappa shape index (κ2) is 12.4. The SMILES string of the molecule is COc1ccc(Cl)cc1N(CC(=O)NCc1ccc(CN2CCOCC2)cc1)S(=O)(=O)c1ccccc1. The molecule has 0 aliphatic carbocycles. The van der Waals surface area contributed by atoms with Crippen LogP contribution in [-0.2, 0) is 32.6 Å². The molecule has 10 heteroatoms. The topological polar surface area (TPSA) is 88.2 Å². The molecule has 196 valence electrons. The van der Waals surface area contributed by atoms with Crippen LogP contribution in [-0.4, -0.2) is 59.2 Å². The Morgan fingerprint density at radius 3 is 2.38 bits per heavy atom. The van der Waals surface area contributed by atoms with Crippen LogP contribution < -0.4 is 14.4 Å². The molecule has 1 amide bonds. The number of halogens is 1. The number of nitrogens with zero attached hydrogens (tertiary/aromatic N) is 2. The Hall–Kier alpha value is -3.11. The van der Waals surface area contributed by atoms with Crippen molar-refractivity contribution in [3.63, 3.8) is 0 Å². The number of morpholine rings is 1. The molecular weight excluding hydrogens is 514 g/mol. The number of carbonyl (C=O) groups is 1. The molecule has 37 heavy (non-hydrogen) atoms. The van der Waals surface area contributed by atoms with E-state index in [4.69, 9.17) is 21.1 Å². The highest BCUT2D eigenvalue weighted by Gasteiger charge is 2.29. The monoisotopic (exact) mass is 543 g/mol. The molecule has 3 aromatic carbocycles. The Morgan fingerprint density at radius 2 is 1.70 bits per heavy atom. The van der Waals surface area contributed by atoms with Crippen molar-refractivity contribution < 1.29 is 22.7 Å². The number of benzene rings is 3. The highest BCUT2D eigenvalue weighted by atomic mass is 35.5. The highest BCUT2D eigenvalue weighted by Crippen LogP contribution is 2.34. The number of ether oxygens (including phenoxy) is 2. The van der Waals surface area contributed by atoms with E-state index in [1.54, 1.807) is 30.3 Å². The Balaban J connectivity index is 1.47. The lowest BCUT2D eigenvalue weighted by Gasteiger charge is -2.26. The summed E-state index contributed by atoms with van der Waals surface area (Å²) in [7, 11) is -2.65. The summed E-state index contributed by atoms with van der Waals surface area (Å²) in [5.74, 6) is -0.175. The van der Waals surface area contributed by atoms with Gasteiger partial charge < -0.3 is 14.8 Å². The van der Waals surface area contributed by atoms with Gasteiger partial charge in [-0.1, -0.05) is 54.1 Å². The molecule has 8 nitrogen and oxygen atoms in total. The van der Waals surface area contributed by atoms with E-state index in [1.807, 2.05) is 24.3 Å². The number of carbonyl (C=O) groups excluding carboxylic acids is 1. The maximum absolute atomic E-state index is 13.6. The van der Waals surface area contributed by atoms with Crippen molar-refractivity contribution in [3.05, 3.63) is 88.9 Å². The fraction of sp³-hybridized carbons (Fsp3) is 0.296. The number of rotatable bonds is 10. The molecule has 1 aliphatic rings. The van der Waals surface area contributed by atoms with E-state index >= 15 is 0 Å². The van der Waals surface area contributed by atoms with E-state index in [1.165, 1.54) is 30.9 Å². The van der Waals surface area contributed by atoms with Gasteiger partial charge in [0.05, 0.1) is 30.9 Å². The van der Waals surface area contributed by atoms with Crippen LogP contribution in [0.15, 0.2) is 77.7 Å². The Bertz CT molecular complexity index is 1300. The Kier molecular flexibility index (Phi) is 9.04. The largest absolute Gasteiger partial charge is 0.495 e. The van der Waals surface area contributed by atoms with Crippen molar-refractivity contribution in [1.82, 2.24) is 10.2 Å². The van der Waals surface area contributed by atoms with Gasteiger partial charge in [0.15, 0.2) is 0 Å². The zero-order chi connectivity index (χ0) is 26.3. The van der Waals surface area contributed by atoms with Gasteiger partial charge in [-0.2, -0.15) is 0 Å². The summed E-state index contributed by atoms with van der Waals surface area (Å²) in [4.78, 5) is 15.4. The van der Waals surface area contributed by atoms with Crippen LogP contribution in [0.25, 0.3) is 0 Å². The first-order chi connectivity index (χ1) is 17.9. The van der Waals surface area contributed by atoms with Gasteiger partial charge in [-0.05, 0) is 41.5 Å². The van der Waals surface area contributed by atoms with Crippen LogP contribution in [0, 0.1) is 0 Å². The van der Waals surface area contributed by atoms with E-state index in [0.717, 1.165) is 42.7 Å². The minimum Gasteiger partial charge on any atom is -0.495 e. The summed E-state index contributed by atoms with van der Waals surface area (Å²) >= 11 is 6.18. The van der Waals surface area contributed by atoms with E-state index in [9.17, 15) is 13.2 Å². The van der Waals surface area contributed by atoms with Crippen LogP contribution in [0.1, 0.15) is 11.1 Å². The number of methoxy groups -OCH3 is 1. The maximum Gasteiger partial charge on any atom is 0.264 e. The molecule has 1 fully saturated rings. The summed E-state index contributed by atoms with van der Waals surface area (Å²) < 4.78 is 38.9. The van der Waals surface area contributed by atoms with Gasteiger partial charge in [0.25, 0.3) is 10.0 Å². The third-order valence-electron chi connectivity index (χ3n) is 6.05. The van der Waals surface area contributed by atoms with Crippen molar-refractivity contribution in [3.8, 4) is 5.75 Å². The molecule has 0 bridgehead atoms. The molecule has 0 saturated carbocycles. The van der Waals surface area contributed by atoms with Gasteiger partial charge in [0.1, 0.15) is 12.3 Å². The molecule has 0 spiro atoms. The van der Waals surface area contributed by atoms with E-state index in [-0.39, 0.29) is 22.9 Å². The lowest BCUT2D eigenvalue weighted by atomic mass is 10.1. The molecule has 4 rings (SSSR count). The minimum absolute atomic E-state index is 0.0562. The molecule has 0 radical (unpaired) electrons. The normalized spacial score (nSPS) is 14.2. The fourth-order valence-electron chi connectivity index (χ4n) is 4.04. The molecule has 1 N–H and O–H groups in total. The van der Waals surface area contributed by atoms with Crippen molar-refractivity contribution in [2.24, 2.45) is 0 Å². The van der Waals surface area contributed by atoms with Crippen molar-refractivity contribution in [1.29, 1.82) is 0 Å². The second-order valence-corrected chi connectivity index (χ2v) is 10.9. The lowest BCUT2D eigenvalue weighted by Crippen LogP contribution is -2.40. The first-order valence-corrected chi connectivity index (χ1v) is 13.7. The summed E-state index contributed by atoms with van der Waals surface area (Å²) in [5, 5.41) is 3.15. The molecule has 1 saturated heterocycles. The van der Waals surface area contributed by atoms with Crippen LogP contribution in [0.4, 0.5) is 5.69 Å². The van der Waals surface area contributed by atoms with Crippen LogP contribution >= 0.6 is 11.6 Å². The molecule has 0 unspecified atom stereocenters. The van der Waals surface area contributed by atoms with Crippen molar-refractivity contribution >= 4 is 33.2 Å². The predicted octanol–water partition coefficient (Wildman–Crippen LogP) is 3.69. The van der Waals surface area contributed by atoms with Gasteiger partial charge in [0.2, 0.25) is 5.91 Å². The van der Waals surface area contributed by atoms with Crippen molar-refractivity contribution in [2.75, 3.05) is 44.3 Å². The average Bonchev–Trinajstić information content (AvgIpc) is 2.92. The smallest absolute Gasteiger partial charge is 0.264 e. The van der Waals surface area contributed by atoms with Crippen LogP contribution in [0.2, 0.25) is 5.02 Å². The average molecular weight is 544 g/mol. The highest BCUT2D eigenvalue weighted by molar-refractivity contribution is 7.92. The van der Waals surface area contributed by atoms with Gasteiger partial charge in [-0.15, -0.1) is 0 Å². The van der Waals surface area contributed by atoms with Gasteiger partial charge >= 0.3 is 0 Å². The summed E-state index contributed by atoms with van der Waals surface area (Å²) in [5.41, 5.74) is 2.28. The Morgan fingerprint density at radius 1 is 1.03 bits per heavy atom. The number of sulfonamides is 1. The third-order valence-corrected chi connectivity index (χ3v) is 8.06. The Labute approximate surface area is 222 Å². The molecular formula is C27H30ClN3O5S. The summed E-state index contributed by atoms with van der Waals surface area (Å²) in [6.07, 6.45) is 0. The van der Waals surface area contributed by atoms with Crippen molar-refractivity contribution in [2.45, 2.75) is 18.0 Å². The van der Waals surface area contributed by atoms with Gasteiger partial charge in [-0.3, -0.25) is 14.0 Å². The fourth-order valence-corrected chi connectivity index (χ4v) is 5.66. The lowest BCUT2D eigenvalue weighted by molar-refractivity contribution is -0.119. The summed E-state index contributed by atoms with van der Waals surface area (Å²) in [6.45, 7) is 4.01. The molecule has 0 aromatic heterocycles. The standard InChI is InChI=1S/C27H30ClN3O5S/c1-35-26-12-11-23(28)17-25(26)31(37(33,34)24-5-3-2-4-6-24)20-27(32)29-18-21-7-9-22(10-8-21)19-30-13-15-36-16-14-30/h2-12,17H,13-16,18-20H2,1H3,(H,29,32). The van der Waals surface area contributed by atoms with Crippen LogP contribution in [0.3, 0.4) is 0 Å². The number of anilines is 1. The number of hydrogen-bond acceptors (Lipinski definition) is 6. The van der Waals surface area contributed by atoms with Gasteiger partial charge in [-0.25, -0.2) is 8.42 Å². The number of nitrogens with one attached hydrogen (secondary N) is 1. The third kappa shape index (κ3) is 7.01. The summed E-state index contributed by atoms with van der Waals surface area (Å²) in [6, 6.07) is 20.6. The van der Waals surface area contributed by atoms with E-state index in [2.05, 4.69) is 10.2 Å². The molecule has 1 heterocycles. The van der Waals surface area contributed by atoms with Crippen LogP contribution in [0.5, 0.6) is 5.75 Å². The first-order valence-electron chi connectivity index (χ1n) is 11.9. The molecule has 3 aromatic rings. The minimum atomic E-state index is -4.08. The van der Waals surface area contributed by atoms with E-state index < -0.39 is 22.5 Å². The molecule has 0 atom stereocenters. The van der Waals surface area contributed by atoms with E-state index in [0.29, 0.717) is 5.02 Å². The zero-order valence-corrected chi connectivity index (χ0v) is 22.2. The second-order valence-electron chi connectivity index (χ2n) is 8.62. The predicted molar refractivity (Wildman–Crippen MR) is 143 cm³/mol. The first kappa shape index (κ1) is 26.9. The molecule has 1 aliphatic heterocycles. The quantitative estimate of drug-likeness (QED) is 0.419. The number of hydrogen-bond donors (Lipinski definition) is 1. The van der Waals surface area contributed by atoms with Gasteiger partial charge in [0, 0.05) is 31.2 Å². The maximum atomic E-state index is 13.6. The number of amides is 1. The zero-order valence-electron chi connectivity index (χ0n) is 20.6.